The quantitative estimate of drug-likeness (QED) is 0.905. The highest BCUT2D eigenvalue weighted by molar-refractivity contribution is 5.29. The number of rotatable bonds is 5. The molecule has 1 aliphatic carbocycles. The summed E-state index contributed by atoms with van der Waals surface area (Å²) in [6.07, 6.45) is 9.20. The highest BCUT2D eigenvalue weighted by Gasteiger charge is 2.24. The molecule has 2 aliphatic rings. The molecule has 1 atom stereocenters. The average Bonchev–Trinajstić information content (AvgIpc) is 3.16. The largest absolute Gasteiger partial charge is 0.490 e. The summed E-state index contributed by atoms with van der Waals surface area (Å²) in [7, 11) is 0. The van der Waals surface area contributed by atoms with Crippen LogP contribution >= 0.6 is 0 Å². The number of benzene rings is 1. The third-order valence-electron chi connectivity index (χ3n) is 5.33. The van der Waals surface area contributed by atoms with Crippen molar-refractivity contribution >= 4 is 0 Å². The van der Waals surface area contributed by atoms with E-state index in [9.17, 15) is 0 Å². The van der Waals surface area contributed by atoms with Gasteiger partial charge in [0.2, 0.25) is 0 Å². The van der Waals surface area contributed by atoms with Crippen LogP contribution in [0.25, 0.3) is 0 Å². The Labute approximate surface area is 150 Å². The molecule has 4 nitrogen and oxygen atoms in total. The van der Waals surface area contributed by atoms with Crippen molar-refractivity contribution in [3.05, 3.63) is 59.9 Å². The summed E-state index contributed by atoms with van der Waals surface area (Å²) in [5, 5.41) is 3.52. The highest BCUT2D eigenvalue weighted by Crippen LogP contribution is 2.27. The first-order valence-corrected chi connectivity index (χ1v) is 9.49. The predicted octanol–water partition coefficient (Wildman–Crippen LogP) is 3.55. The molecule has 0 radical (unpaired) electrons. The molecule has 2 heterocycles. The van der Waals surface area contributed by atoms with Crippen molar-refractivity contribution in [3.63, 3.8) is 0 Å². The molecule has 4 rings (SSSR count). The summed E-state index contributed by atoms with van der Waals surface area (Å²) in [6, 6.07) is 13.3. The Morgan fingerprint density at radius 1 is 1.12 bits per heavy atom. The lowest BCUT2D eigenvalue weighted by atomic mass is 10.0. The smallest absolute Gasteiger partial charge is 0.120 e. The fourth-order valence-corrected chi connectivity index (χ4v) is 4.00. The normalized spacial score (nSPS) is 22.2. The van der Waals surface area contributed by atoms with Gasteiger partial charge in [-0.15, -0.1) is 0 Å². The van der Waals surface area contributed by atoms with Gasteiger partial charge in [-0.1, -0.05) is 12.1 Å². The summed E-state index contributed by atoms with van der Waals surface area (Å²) in [4.78, 5) is 6.71. The van der Waals surface area contributed by atoms with Gasteiger partial charge in [0.05, 0.1) is 6.10 Å². The molecular formula is C21H27N3O. The minimum atomic E-state index is 0.399. The SMILES string of the molecule is c1cc(CN2CCNCC2c2ccncc2)cc(OC2CCCC2)c1. The van der Waals surface area contributed by atoms with Crippen LogP contribution in [0.3, 0.4) is 0 Å². The van der Waals surface area contributed by atoms with E-state index in [1.807, 2.05) is 12.4 Å². The highest BCUT2D eigenvalue weighted by atomic mass is 16.5. The van der Waals surface area contributed by atoms with Crippen molar-refractivity contribution in [2.75, 3.05) is 19.6 Å². The van der Waals surface area contributed by atoms with Gasteiger partial charge in [-0.25, -0.2) is 0 Å². The molecule has 1 aliphatic heterocycles. The summed E-state index contributed by atoms with van der Waals surface area (Å²) >= 11 is 0. The Kier molecular flexibility index (Phi) is 5.28. The molecule has 4 heteroatoms. The monoisotopic (exact) mass is 337 g/mol. The standard InChI is InChI=1S/C21H27N3O/c1-2-6-19(5-1)25-20-7-3-4-17(14-20)16-24-13-12-23-15-21(24)18-8-10-22-11-9-18/h3-4,7-11,14,19,21,23H,1-2,5-6,12-13,15-16H2. The molecule has 0 spiro atoms. The minimum absolute atomic E-state index is 0.399. The lowest BCUT2D eigenvalue weighted by Crippen LogP contribution is -2.45. The van der Waals surface area contributed by atoms with E-state index in [4.69, 9.17) is 4.74 Å². The maximum Gasteiger partial charge on any atom is 0.120 e. The van der Waals surface area contributed by atoms with Crippen molar-refractivity contribution in [1.29, 1.82) is 0 Å². The summed E-state index contributed by atoms with van der Waals surface area (Å²) in [5.74, 6) is 1.03. The molecule has 2 aromatic rings. The number of pyridine rings is 1. The Bertz CT molecular complexity index is 670. The van der Waals surface area contributed by atoms with Crippen molar-refractivity contribution in [1.82, 2.24) is 15.2 Å². The van der Waals surface area contributed by atoms with E-state index in [0.717, 1.165) is 31.9 Å². The summed E-state index contributed by atoms with van der Waals surface area (Å²) in [6.45, 7) is 4.04. The first-order valence-electron chi connectivity index (χ1n) is 9.49. The molecule has 1 saturated heterocycles. The molecule has 0 amide bonds. The fourth-order valence-electron chi connectivity index (χ4n) is 4.00. The molecule has 1 saturated carbocycles. The molecule has 1 aromatic carbocycles. The second kappa shape index (κ2) is 7.98. The predicted molar refractivity (Wildman–Crippen MR) is 99.6 cm³/mol. The second-order valence-electron chi connectivity index (χ2n) is 7.14. The molecule has 132 valence electrons. The van der Waals surface area contributed by atoms with Crippen LogP contribution in [0.4, 0.5) is 0 Å². The molecule has 25 heavy (non-hydrogen) atoms. The minimum Gasteiger partial charge on any atom is -0.490 e. The first kappa shape index (κ1) is 16.6. The lowest BCUT2D eigenvalue weighted by molar-refractivity contribution is 0.153. The zero-order valence-electron chi connectivity index (χ0n) is 14.7. The zero-order valence-corrected chi connectivity index (χ0v) is 14.7. The van der Waals surface area contributed by atoms with E-state index in [1.165, 1.54) is 36.8 Å². The Morgan fingerprint density at radius 3 is 2.80 bits per heavy atom. The van der Waals surface area contributed by atoms with Gasteiger partial charge in [-0.05, 0) is 61.1 Å². The number of nitrogens with zero attached hydrogens (tertiary/aromatic N) is 2. The average molecular weight is 337 g/mol. The van der Waals surface area contributed by atoms with Crippen molar-refractivity contribution in [3.8, 4) is 5.75 Å². The van der Waals surface area contributed by atoms with Gasteiger partial charge in [-0.2, -0.15) is 0 Å². The van der Waals surface area contributed by atoms with Crippen LogP contribution in [0.5, 0.6) is 5.75 Å². The van der Waals surface area contributed by atoms with Crippen LogP contribution in [0.2, 0.25) is 0 Å². The van der Waals surface area contributed by atoms with E-state index < -0.39 is 0 Å². The van der Waals surface area contributed by atoms with Gasteiger partial charge in [0.15, 0.2) is 0 Å². The molecule has 1 aromatic heterocycles. The van der Waals surface area contributed by atoms with Gasteiger partial charge in [0, 0.05) is 44.6 Å². The lowest BCUT2D eigenvalue weighted by Gasteiger charge is -2.36. The van der Waals surface area contributed by atoms with E-state index in [1.54, 1.807) is 0 Å². The number of hydrogen-bond donors (Lipinski definition) is 1. The first-order chi connectivity index (χ1) is 12.4. The molecular weight excluding hydrogens is 310 g/mol. The van der Waals surface area contributed by atoms with Crippen LogP contribution in [0, 0.1) is 0 Å². The number of hydrogen-bond acceptors (Lipinski definition) is 4. The van der Waals surface area contributed by atoms with Crippen molar-refractivity contribution < 1.29 is 4.74 Å². The molecule has 1 N–H and O–H groups in total. The van der Waals surface area contributed by atoms with E-state index in [-0.39, 0.29) is 0 Å². The van der Waals surface area contributed by atoms with Gasteiger partial charge < -0.3 is 10.1 Å². The number of nitrogens with one attached hydrogen (secondary N) is 1. The zero-order chi connectivity index (χ0) is 16.9. The molecule has 0 bridgehead atoms. The summed E-state index contributed by atoms with van der Waals surface area (Å²) in [5.41, 5.74) is 2.66. The fraction of sp³-hybridized carbons (Fsp3) is 0.476. The van der Waals surface area contributed by atoms with Crippen molar-refractivity contribution in [2.45, 2.75) is 44.4 Å². The number of aromatic nitrogens is 1. The van der Waals surface area contributed by atoms with Gasteiger partial charge >= 0.3 is 0 Å². The second-order valence-corrected chi connectivity index (χ2v) is 7.14. The third kappa shape index (κ3) is 4.20. The number of piperazine rings is 1. The Balaban J connectivity index is 1.46. The Hall–Kier alpha value is -1.91. The maximum absolute atomic E-state index is 6.18. The third-order valence-corrected chi connectivity index (χ3v) is 5.33. The Morgan fingerprint density at radius 2 is 1.96 bits per heavy atom. The molecule has 2 fully saturated rings. The van der Waals surface area contributed by atoms with Gasteiger partial charge in [0.25, 0.3) is 0 Å². The van der Waals surface area contributed by atoms with Crippen LogP contribution in [0.15, 0.2) is 48.8 Å². The van der Waals surface area contributed by atoms with Crippen LogP contribution < -0.4 is 10.1 Å². The van der Waals surface area contributed by atoms with Crippen LogP contribution in [-0.2, 0) is 6.54 Å². The van der Waals surface area contributed by atoms with Gasteiger partial charge in [-0.3, -0.25) is 9.88 Å². The topological polar surface area (TPSA) is 37.4 Å². The number of ether oxygens (including phenoxy) is 1. The van der Waals surface area contributed by atoms with Crippen LogP contribution in [-0.4, -0.2) is 35.6 Å². The van der Waals surface area contributed by atoms with Crippen molar-refractivity contribution in [2.24, 2.45) is 0 Å². The molecule has 1 unspecified atom stereocenters. The maximum atomic E-state index is 6.18. The van der Waals surface area contributed by atoms with E-state index >= 15 is 0 Å². The van der Waals surface area contributed by atoms with E-state index in [0.29, 0.717) is 12.1 Å². The summed E-state index contributed by atoms with van der Waals surface area (Å²) < 4.78 is 6.18. The van der Waals surface area contributed by atoms with Crippen LogP contribution in [0.1, 0.15) is 42.9 Å². The van der Waals surface area contributed by atoms with Gasteiger partial charge in [0.1, 0.15) is 5.75 Å². The van der Waals surface area contributed by atoms with E-state index in [2.05, 4.69) is 51.6 Å².